The molecule has 2 aromatic heterocycles. The number of sulfone groups is 1. The van der Waals surface area contributed by atoms with Gasteiger partial charge in [0, 0.05) is 24.2 Å². The lowest BCUT2D eigenvalue weighted by Gasteiger charge is -2.32. The molecule has 0 amide bonds. The van der Waals surface area contributed by atoms with Gasteiger partial charge in [0.15, 0.2) is 9.84 Å². The van der Waals surface area contributed by atoms with Crippen molar-refractivity contribution in [2.75, 3.05) is 19.3 Å². The number of aromatic nitrogens is 2. The highest BCUT2D eigenvalue weighted by Gasteiger charge is 2.24. The molecule has 1 saturated heterocycles. The Morgan fingerprint density at radius 3 is 3.09 bits per heavy atom. The average molecular weight is 339 g/mol. The second-order valence-corrected chi connectivity index (χ2v) is 9.03. The van der Waals surface area contributed by atoms with Gasteiger partial charge in [-0.05, 0) is 43.2 Å². The molecule has 1 aliphatic heterocycles. The van der Waals surface area contributed by atoms with Crippen molar-refractivity contribution in [3.8, 4) is 0 Å². The van der Waals surface area contributed by atoms with E-state index >= 15 is 0 Å². The number of aromatic amines is 1. The van der Waals surface area contributed by atoms with Crippen molar-refractivity contribution in [3.63, 3.8) is 0 Å². The summed E-state index contributed by atoms with van der Waals surface area (Å²) >= 11 is 1.79. The summed E-state index contributed by atoms with van der Waals surface area (Å²) in [5.41, 5.74) is 0.755. The molecule has 0 unspecified atom stereocenters. The zero-order valence-corrected chi connectivity index (χ0v) is 14.3. The Bertz CT molecular complexity index is 707. The lowest BCUT2D eigenvalue weighted by molar-refractivity contribution is 0.167. The van der Waals surface area contributed by atoms with E-state index in [4.69, 9.17) is 0 Å². The number of H-pyrrole nitrogens is 1. The molecule has 120 valence electrons. The van der Waals surface area contributed by atoms with Crippen LogP contribution in [0.25, 0.3) is 0 Å². The molecule has 5 nitrogen and oxygen atoms in total. The number of hydrogen-bond acceptors (Lipinski definition) is 5. The van der Waals surface area contributed by atoms with E-state index in [1.165, 1.54) is 23.8 Å². The van der Waals surface area contributed by atoms with E-state index in [2.05, 4.69) is 32.6 Å². The molecule has 0 aromatic carbocycles. The van der Waals surface area contributed by atoms with Crippen molar-refractivity contribution < 1.29 is 8.42 Å². The van der Waals surface area contributed by atoms with Gasteiger partial charge in [0.2, 0.25) is 0 Å². The van der Waals surface area contributed by atoms with Crippen LogP contribution < -0.4 is 0 Å². The lowest BCUT2D eigenvalue weighted by Crippen LogP contribution is -2.35. The number of rotatable bonds is 5. The fraction of sp³-hybridized carbons (Fsp3) is 0.533. The van der Waals surface area contributed by atoms with Gasteiger partial charge in [-0.2, -0.15) is 5.10 Å². The van der Waals surface area contributed by atoms with E-state index in [9.17, 15) is 8.42 Å². The minimum atomic E-state index is -3.20. The highest BCUT2D eigenvalue weighted by atomic mass is 32.2. The van der Waals surface area contributed by atoms with Crippen molar-refractivity contribution >= 4 is 21.2 Å². The van der Waals surface area contributed by atoms with E-state index in [0.717, 1.165) is 38.2 Å². The summed E-state index contributed by atoms with van der Waals surface area (Å²) in [5.74, 6) is 0.481. The van der Waals surface area contributed by atoms with E-state index in [1.807, 2.05) is 0 Å². The fourth-order valence-electron chi connectivity index (χ4n) is 3.14. The molecular formula is C15H21N3O2S2. The smallest absolute Gasteiger partial charge is 0.178 e. The van der Waals surface area contributed by atoms with Crippen molar-refractivity contribution in [3.05, 3.63) is 34.3 Å². The molecule has 1 N–H and O–H groups in total. The molecule has 0 radical (unpaired) electrons. The third-order valence-corrected chi connectivity index (χ3v) is 6.15. The second-order valence-electron chi connectivity index (χ2n) is 6.01. The van der Waals surface area contributed by atoms with Gasteiger partial charge in [-0.1, -0.05) is 6.07 Å². The minimum Gasteiger partial charge on any atom is -0.298 e. The summed E-state index contributed by atoms with van der Waals surface area (Å²) in [7, 11) is -3.20. The molecule has 0 bridgehead atoms. The minimum absolute atomic E-state index is 0.350. The average Bonchev–Trinajstić information content (AvgIpc) is 3.10. The van der Waals surface area contributed by atoms with Crippen molar-refractivity contribution in [2.24, 2.45) is 5.92 Å². The van der Waals surface area contributed by atoms with Crippen LogP contribution in [0.5, 0.6) is 0 Å². The van der Waals surface area contributed by atoms with Gasteiger partial charge in [-0.15, -0.1) is 11.3 Å². The Labute approximate surface area is 135 Å². The van der Waals surface area contributed by atoms with Gasteiger partial charge in [0.25, 0.3) is 0 Å². The Morgan fingerprint density at radius 2 is 2.36 bits per heavy atom. The Morgan fingerprint density at radius 1 is 1.50 bits per heavy atom. The maximum absolute atomic E-state index is 11.8. The van der Waals surface area contributed by atoms with Crippen LogP contribution in [0, 0.1) is 5.92 Å². The SMILES string of the molecule is CS(=O)(=O)c1cn[nH]c1C[C@@H]1CCCN(Cc2cccs2)C1. The van der Waals surface area contributed by atoms with Crippen LogP contribution in [0.4, 0.5) is 0 Å². The van der Waals surface area contributed by atoms with Crippen molar-refractivity contribution in [1.82, 2.24) is 15.1 Å². The predicted molar refractivity (Wildman–Crippen MR) is 87.7 cm³/mol. The van der Waals surface area contributed by atoms with Gasteiger partial charge in [-0.25, -0.2) is 8.42 Å². The summed E-state index contributed by atoms with van der Waals surface area (Å²) < 4.78 is 23.5. The summed E-state index contributed by atoms with van der Waals surface area (Å²) in [6, 6.07) is 4.26. The van der Waals surface area contributed by atoms with Crippen molar-refractivity contribution in [2.45, 2.75) is 30.7 Å². The Balaban J connectivity index is 1.64. The number of nitrogens with one attached hydrogen (secondary N) is 1. The Kier molecular flexibility index (Phi) is 4.65. The summed E-state index contributed by atoms with van der Waals surface area (Å²) in [6.07, 6.45) is 5.73. The van der Waals surface area contributed by atoms with Gasteiger partial charge in [-0.3, -0.25) is 10.00 Å². The van der Waals surface area contributed by atoms with E-state index in [1.54, 1.807) is 11.3 Å². The number of piperidine rings is 1. The van der Waals surface area contributed by atoms with Crippen LogP contribution in [0.15, 0.2) is 28.6 Å². The fourth-order valence-corrected chi connectivity index (χ4v) is 4.71. The first-order valence-corrected chi connectivity index (χ1v) is 10.3. The van der Waals surface area contributed by atoms with E-state index in [0.29, 0.717) is 10.8 Å². The van der Waals surface area contributed by atoms with E-state index in [-0.39, 0.29) is 0 Å². The quantitative estimate of drug-likeness (QED) is 0.908. The first kappa shape index (κ1) is 15.7. The molecule has 1 fully saturated rings. The number of hydrogen-bond donors (Lipinski definition) is 1. The van der Waals surface area contributed by atoms with Gasteiger partial charge >= 0.3 is 0 Å². The highest BCUT2D eigenvalue weighted by molar-refractivity contribution is 7.90. The largest absolute Gasteiger partial charge is 0.298 e. The molecule has 22 heavy (non-hydrogen) atoms. The molecule has 1 aliphatic rings. The molecule has 2 aromatic rings. The molecule has 0 saturated carbocycles. The lowest BCUT2D eigenvalue weighted by atomic mass is 9.93. The molecule has 0 aliphatic carbocycles. The van der Waals surface area contributed by atoms with Gasteiger partial charge < -0.3 is 0 Å². The third-order valence-electron chi connectivity index (χ3n) is 4.13. The monoisotopic (exact) mass is 339 g/mol. The summed E-state index contributed by atoms with van der Waals surface area (Å²) in [4.78, 5) is 4.21. The summed E-state index contributed by atoms with van der Waals surface area (Å²) in [6.45, 7) is 3.13. The molecule has 0 spiro atoms. The third kappa shape index (κ3) is 3.77. The highest BCUT2D eigenvalue weighted by Crippen LogP contribution is 2.25. The van der Waals surface area contributed by atoms with Gasteiger partial charge in [0.1, 0.15) is 4.90 Å². The molecule has 3 heterocycles. The van der Waals surface area contributed by atoms with Crippen LogP contribution in [0.3, 0.4) is 0 Å². The van der Waals surface area contributed by atoms with Crippen molar-refractivity contribution in [1.29, 1.82) is 0 Å². The topological polar surface area (TPSA) is 66.1 Å². The maximum atomic E-state index is 11.8. The molecule has 7 heteroatoms. The van der Waals surface area contributed by atoms with Crippen LogP contribution in [-0.4, -0.2) is 42.9 Å². The first-order chi connectivity index (χ1) is 10.5. The van der Waals surface area contributed by atoms with Gasteiger partial charge in [0.05, 0.1) is 11.9 Å². The normalized spacial score (nSPS) is 20.3. The molecule has 3 rings (SSSR count). The standard InChI is InChI=1S/C15H21N3O2S2/c1-22(19,20)15-9-16-17-14(15)8-12-4-2-6-18(10-12)11-13-5-3-7-21-13/h3,5,7,9,12H,2,4,6,8,10-11H2,1H3,(H,16,17)/t12-/m0/s1. The first-order valence-electron chi connectivity index (χ1n) is 7.49. The van der Waals surface area contributed by atoms with Crippen LogP contribution in [0.2, 0.25) is 0 Å². The molecule has 1 atom stereocenters. The summed E-state index contributed by atoms with van der Waals surface area (Å²) in [5, 5.41) is 8.90. The molecular weight excluding hydrogens is 318 g/mol. The number of thiophene rings is 1. The zero-order chi connectivity index (χ0) is 15.6. The maximum Gasteiger partial charge on any atom is 0.178 e. The number of likely N-dealkylation sites (tertiary alicyclic amines) is 1. The van der Waals surface area contributed by atoms with Crippen LogP contribution >= 0.6 is 11.3 Å². The Hall–Kier alpha value is -1.18. The second kappa shape index (κ2) is 6.52. The predicted octanol–water partition coefficient (Wildman–Crippen LogP) is 2.33. The van der Waals surface area contributed by atoms with E-state index < -0.39 is 9.84 Å². The zero-order valence-electron chi connectivity index (χ0n) is 12.7. The van der Waals surface area contributed by atoms with Crippen LogP contribution in [-0.2, 0) is 22.8 Å². The number of nitrogens with zero attached hydrogens (tertiary/aromatic N) is 2. The van der Waals surface area contributed by atoms with Crippen LogP contribution in [0.1, 0.15) is 23.4 Å².